The maximum Gasteiger partial charge on any atom is 0.501 e. The van der Waals surface area contributed by atoms with Crippen molar-refractivity contribution in [1.29, 1.82) is 0 Å². The molecule has 1 aliphatic heterocycles. The maximum atomic E-state index is 12.7. The van der Waals surface area contributed by atoms with Crippen LogP contribution in [0.15, 0.2) is 70.8 Å². The topological polar surface area (TPSA) is 110 Å². The van der Waals surface area contributed by atoms with Crippen molar-refractivity contribution in [2.75, 3.05) is 31.6 Å². The molecule has 1 aliphatic rings. The van der Waals surface area contributed by atoms with E-state index in [-0.39, 0.29) is 0 Å². The molecule has 3 N–H and O–H groups in total. The van der Waals surface area contributed by atoms with E-state index in [0.717, 1.165) is 17.8 Å². The van der Waals surface area contributed by atoms with Gasteiger partial charge >= 0.3 is 5.51 Å². The molecule has 12 heteroatoms. The largest absolute Gasteiger partial charge is 0.501 e. The number of guanidine groups is 1. The number of sulfone groups is 1. The predicted molar refractivity (Wildman–Crippen MR) is 123 cm³/mol. The van der Waals surface area contributed by atoms with Gasteiger partial charge in [-0.2, -0.15) is 13.2 Å². The molecule has 0 radical (unpaired) electrons. The number of anilines is 1. The Morgan fingerprint density at radius 3 is 2.41 bits per heavy atom. The van der Waals surface area contributed by atoms with E-state index < -0.39 is 20.2 Å². The summed E-state index contributed by atoms with van der Waals surface area (Å²) in [7, 11) is -5.42. The molecule has 34 heavy (non-hydrogen) atoms. The number of alkyl halides is 3. The summed E-state index contributed by atoms with van der Waals surface area (Å²) in [5.41, 5.74) is 3.47. The number of ether oxygens (including phenoxy) is 1. The number of halogens is 3. The predicted octanol–water partition coefficient (Wildman–Crippen LogP) is 3.30. The van der Waals surface area contributed by atoms with Crippen molar-refractivity contribution in [3.8, 4) is 0 Å². The summed E-state index contributed by atoms with van der Waals surface area (Å²) in [5, 5.41) is 2.91. The summed E-state index contributed by atoms with van der Waals surface area (Å²) in [5.74, 6) is 0.296. The third-order valence-corrected chi connectivity index (χ3v) is 6.36. The molecule has 1 aromatic carbocycles. The zero-order chi connectivity index (χ0) is 24.9. The van der Waals surface area contributed by atoms with E-state index in [4.69, 9.17) is 10.5 Å². The first-order valence-electron chi connectivity index (χ1n) is 10.2. The molecule has 2 heterocycles. The Kier molecular flexibility index (Phi) is 7.62. The number of aryl methyl sites for hydroxylation is 1. The van der Waals surface area contributed by atoms with Gasteiger partial charge in [0.1, 0.15) is 0 Å². The van der Waals surface area contributed by atoms with Gasteiger partial charge in [0.25, 0.3) is 9.84 Å². The first-order chi connectivity index (χ1) is 16.0. The molecule has 0 aliphatic carbocycles. The lowest BCUT2D eigenvalue weighted by atomic mass is 10.1. The number of nitrogens with one attached hydrogen (secondary N) is 1. The summed E-state index contributed by atoms with van der Waals surface area (Å²) in [6.45, 7) is 8.03. The monoisotopic (exact) mass is 495 g/mol. The Labute approximate surface area is 195 Å². The van der Waals surface area contributed by atoms with Gasteiger partial charge in [-0.15, -0.1) is 0 Å². The number of hydrogen-bond acceptors (Lipinski definition) is 6. The van der Waals surface area contributed by atoms with E-state index >= 15 is 0 Å². The van der Waals surface area contributed by atoms with E-state index in [1.165, 1.54) is 12.1 Å². The van der Waals surface area contributed by atoms with Gasteiger partial charge < -0.3 is 20.7 Å². The van der Waals surface area contributed by atoms with Crippen LogP contribution in [0.4, 0.5) is 18.9 Å². The van der Waals surface area contributed by atoms with Crippen molar-refractivity contribution in [2.24, 2.45) is 10.7 Å². The fraction of sp³-hybridized carbons (Fsp3) is 0.273. The molecular weight excluding hydrogens is 471 g/mol. The average molecular weight is 496 g/mol. The Morgan fingerprint density at radius 1 is 1.21 bits per heavy atom. The van der Waals surface area contributed by atoms with Gasteiger partial charge in [-0.05, 0) is 49.4 Å². The lowest BCUT2D eigenvalue weighted by Crippen LogP contribution is -2.44. The minimum absolute atomic E-state index is 0.296. The first kappa shape index (κ1) is 25.2. The summed E-state index contributed by atoms with van der Waals surface area (Å²) in [6.07, 6.45) is 3.25. The van der Waals surface area contributed by atoms with E-state index in [2.05, 4.69) is 21.9 Å². The standard InChI is InChI=1S/C22H24F3N5O3S/c1-15-3-4-17(14-27-15)20(29-21(26)30-9-11-33-12-10-30)13-16(2)28-18-5-7-19(8-6-18)34(31,32)22(23,24)25/h3-8,13-14,28H,2,9-12H2,1H3,(H2,26,29)/b20-13-. The Bertz CT molecular complexity index is 1190. The van der Waals surface area contributed by atoms with Crippen molar-refractivity contribution in [1.82, 2.24) is 9.88 Å². The minimum Gasteiger partial charge on any atom is -0.378 e. The second-order valence-corrected chi connectivity index (χ2v) is 9.35. The fourth-order valence-electron chi connectivity index (χ4n) is 3.02. The molecule has 182 valence electrons. The van der Waals surface area contributed by atoms with Crippen LogP contribution in [-0.4, -0.2) is 56.1 Å². The van der Waals surface area contributed by atoms with Crippen LogP contribution in [-0.2, 0) is 14.6 Å². The molecule has 0 amide bonds. The first-order valence-corrected chi connectivity index (χ1v) is 11.6. The highest BCUT2D eigenvalue weighted by atomic mass is 32.2. The number of rotatable bonds is 6. The van der Waals surface area contributed by atoms with Crippen LogP contribution in [0.3, 0.4) is 0 Å². The number of morpholine rings is 1. The summed E-state index contributed by atoms with van der Waals surface area (Å²) in [6, 6.07) is 7.84. The number of allylic oxidation sites excluding steroid dienone is 1. The molecule has 1 aromatic heterocycles. The molecule has 1 saturated heterocycles. The van der Waals surface area contributed by atoms with E-state index in [1.54, 1.807) is 12.3 Å². The second kappa shape index (κ2) is 10.3. The Balaban J connectivity index is 1.84. The number of nitrogens with zero attached hydrogens (tertiary/aromatic N) is 3. The van der Waals surface area contributed by atoms with Gasteiger partial charge in [0, 0.05) is 41.9 Å². The van der Waals surface area contributed by atoms with Gasteiger partial charge in [0.05, 0.1) is 23.8 Å². The molecule has 3 rings (SSSR count). The van der Waals surface area contributed by atoms with E-state index in [9.17, 15) is 21.6 Å². The van der Waals surface area contributed by atoms with Gasteiger partial charge in [-0.1, -0.05) is 6.58 Å². The van der Waals surface area contributed by atoms with Crippen LogP contribution in [0.1, 0.15) is 11.3 Å². The van der Waals surface area contributed by atoms with Gasteiger partial charge in [-0.3, -0.25) is 4.98 Å². The summed E-state index contributed by atoms with van der Waals surface area (Å²) < 4.78 is 66.6. The molecule has 0 spiro atoms. The number of aliphatic imine (C=N–C) groups is 1. The maximum absolute atomic E-state index is 12.7. The molecule has 8 nitrogen and oxygen atoms in total. The van der Waals surface area contributed by atoms with Crippen molar-refractivity contribution < 1.29 is 26.3 Å². The van der Waals surface area contributed by atoms with Crippen LogP contribution in [0.5, 0.6) is 0 Å². The fourth-order valence-corrected chi connectivity index (χ4v) is 3.79. The quantitative estimate of drug-likeness (QED) is 0.360. The smallest absolute Gasteiger partial charge is 0.378 e. The third kappa shape index (κ3) is 6.14. The molecule has 0 atom stereocenters. The molecule has 2 aromatic rings. The second-order valence-electron chi connectivity index (χ2n) is 7.41. The third-order valence-electron chi connectivity index (χ3n) is 4.86. The Hall–Kier alpha value is -3.38. The molecular formula is C22H24F3N5O3S. The highest BCUT2D eigenvalue weighted by Gasteiger charge is 2.46. The van der Waals surface area contributed by atoms with Crippen molar-refractivity contribution in [3.63, 3.8) is 0 Å². The van der Waals surface area contributed by atoms with Crippen molar-refractivity contribution >= 4 is 27.2 Å². The van der Waals surface area contributed by atoms with Crippen LogP contribution in [0, 0.1) is 6.92 Å². The van der Waals surface area contributed by atoms with Crippen molar-refractivity contribution in [3.05, 3.63) is 72.2 Å². The van der Waals surface area contributed by atoms with Crippen LogP contribution in [0.2, 0.25) is 0 Å². The zero-order valence-electron chi connectivity index (χ0n) is 18.3. The van der Waals surface area contributed by atoms with Gasteiger partial charge in [0.2, 0.25) is 0 Å². The number of benzene rings is 1. The van der Waals surface area contributed by atoms with Gasteiger partial charge in [-0.25, -0.2) is 13.4 Å². The summed E-state index contributed by atoms with van der Waals surface area (Å²) in [4.78, 5) is 9.85. The van der Waals surface area contributed by atoms with Crippen LogP contribution in [0.25, 0.3) is 5.70 Å². The number of pyridine rings is 1. The van der Waals surface area contributed by atoms with Crippen LogP contribution >= 0.6 is 0 Å². The highest BCUT2D eigenvalue weighted by molar-refractivity contribution is 7.92. The highest BCUT2D eigenvalue weighted by Crippen LogP contribution is 2.31. The van der Waals surface area contributed by atoms with E-state index in [0.29, 0.717) is 54.9 Å². The number of aromatic nitrogens is 1. The molecule has 0 saturated carbocycles. The lowest BCUT2D eigenvalue weighted by Gasteiger charge is -2.27. The SMILES string of the molecule is C=C(/C=C(\N=C(/N)N1CCOCC1)c1ccc(C)nc1)Nc1ccc(S(=O)(=O)C(F)(F)F)cc1. The molecule has 1 fully saturated rings. The normalized spacial score (nSPS) is 15.8. The van der Waals surface area contributed by atoms with Gasteiger partial charge in [0.15, 0.2) is 5.96 Å². The van der Waals surface area contributed by atoms with E-state index in [1.807, 2.05) is 24.0 Å². The Morgan fingerprint density at radius 2 is 1.85 bits per heavy atom. The lowest BCUT2D eigenvalue weighted by molar-refractivity contribution is -0.0436. The molecule has 0 bridgehead atoms. The average Bonchev–Trinajstić information content (AvgIpc) is 2.79. The number of nitrogens with two attached hydrogens (primary N) is 1. The van der Waals surface area contributed by atoms with Crippen molar-refractivity contribution in [2.45, 2.75) is 17.3 Å². The van der Waals surface area contributed by atoms with Crippen LogP contribution < -0.4 is 11.1 Å². The minimum atomic E-state index is -5.42. The molecule has 0 unspecified atom stereocenters. The zero-order valence-corrected chi connectivity index (χ0v) is 19.2. The summed E-state index contributed by atoms with van der Waals surface area (Å²) >= 11 is 0. The number of hydrogen-bond donors (Lipinski definition) is 2.